The average molecular weight is 399 g/mol. The van der Waals surface area contributed by atoms with Gasteiger partial charge in [-0.1, -0.05) is 17.7 Å². The number of cyclic esters (lactones) is 1. The number of aliphatic hydroxyl groups excluding tert-OH is 1. The van der Waals surface area contributed by atoms with Crippen molar-refractivity contribution in [3.63, 3.8) is 0 Å². The monoisotopic (exact) mass is 398 g/mol. The molecular weight excluding hydrogens is 382 g/mol. The third-order valence-corrected chi connectivity index (χ3v) is 4.43. The van der Waals surface area contributed by atoms with Gasteiger partial charge in [0.05, 0.1) is 18.3 Å². The van der Waals surface area contributed by atoms with E-state index in [1.54, 1.807) is 13.0 Å². The minimum Gasteiger partial charge on any atom is -0.447 e. The number of carbonyl (C=O) groups is 1. The van der Waals surface area contributed by atoms with E-state index in [-0.39, 0.29) is 23.4 Å². The number of aliphatic hydroxyl groups is 1. The number of nitrogens with one attached hydrogen (secondary N) is 1. The Morgan fingerprint density at radius 2 is 2.11 bits per heavy atom. The van der Waals surface area contributed by atoms with Gasteiger partial charge < -0.3 is 15.2 Å². The van der Waals surface area contributed by atoms with Crippen LogP contribution in [0.2, 0.25) is 5.02 Å². The molecule has 10 heteroatoms. The van der Waals surface area contributed by atoms with Gasteiger partial charge in [0, 0.05) is 10.6 Å². The van der Waals surface area contributed by atoms with Crippen molar-refractivity contribution in [2.24, 2.45) is 0 Å². The first-order valence-electron chi connectivity index (χ1n) is 8.16. The molecule has 0 spiro atoms. The van der Waals surface area contributed by atoms with Crippen LogP contribution in [0.4, 0.5) is 25.3 Å². The maximum absolute atomic E-state index is 14.2. The molecule has 0 aliphatic carbocycles. The Labute approximate surface area is 158 Å². The molecule has 1 aliphatic rings. The molecule has 2 N–H and O–H groups in total. The van der Waals surface area contributed by atoms with Crippen LogP contribution in [0.3, 0.4) is 0 Å². The molecule has 0 radical (unpaired) electrons. The van der Waals surface area contributed by atoms with E-state index in [1.165, 1.54) is 19.1 Å². The summed E-state index contributed by atoms with van der Waals surface area (Å²) in [6.45, 7) is 3.04. The number of aromatic nitrogens is 2. The van der Waals surface area contributed by atoms with Crippen LogP contribution in [0.1, 0.15) is 25.5 Å². The summed E-state index contributed by atoms with van der Waals surface area (Å²) in [4.78, 5) is 20.8. The van der Waals surface area contributed by atoms with Crippen LogP contribution in [0.15, 0.2) is 24.4 Å². The van der Waals surface area contributed by atoms with E-state index in [4.69, 9.17) is 16.3 Å². The number of carbonyl (C=O) groups excluding carboxylic acids is 1. The number of nitrogens with zero attached hydrogens (tertiary/aromatic N) is 3. The van der Waals surface area contributed by atoms with Crippen molar-refractivity contribution in [1.82, 2.24) is 9.97 Å². The number of ether oxygens (including phenoxy) is 1. The summed E-state index contributed by atoms with van der Waals surface area (Å²) in [6.07, 6.45) is -0.883. The summed E-state index contributed by atoms with van der Waals surface area (Å²) in [7, 11) is 0. The van der Waals surface area contributed by atoms with Crippen LogP contribution in [-0.2, 0) is 4.74 Å². The minimum atomic E-state index is -0.954. The number of anilines is 2. The maximum atomic E-state index is 14.2. The summed E-state index contributed by atoms with van der Waals surface area (Å²) < 4.78 is 33.2. The van der Waals surface area contributed by atoms with Crippen LogP contribution in [-0.4, -0.2) is 39.9 Å². The van der Waals surface area contributed by atoms with Crippen molar-refractivity contribution < 1.29 is 23.4 Å². The summed E-state index contributed by atoms with van der Waals surface area (Å²) >= 11 is 5.75. The number of hydrogen-bond acceptors (Lipinski definition) is 6. The average Bonchev–Trinajstić information content (AvgIpc) is 2.98. The zero-order valence-electron chi connectivity index (χ0n) is 14.5. The molecule has 1 fully saturated rings. The third-order valence-electron chi connectivity index (χ3n) is 4.19. The first-order chi connectivity index (χ1) is 12.8. The van der Waals surface area contributed by atoms with Gasteiger partial charge in [-0.3, -0.25) is 0 Å². The molecule has 0 bridgehead atoms. The van der Waals surface area contributed by atoms with Gasteiger partial charge in [0.25, 0.3) is 0 Å². The van der Waals surface area contributed by atoms with Crippen LogP contribution in [0.25, 0.3) is 0 Å². The Morgan fingerprint density at radius 1 is 1.37 bits per heavy atom. The fourth-order valence-corrected chi connectivity index (χ4v) is 2.91. The van der Waals surface area contributed by atoms with Crippen molar-refractivity contribution >= 4 is 29.5 Å². The van der Waals surface area contributed by atoms with Gasteiger partial charge >= 0.3 is 6.09 Å². The fraction of sp³-hybridized carbons (Fsp3) is 0.353. The zero-order chi connectivity index (χ0) is 19.7. The fourth-order valence-electron chi connectivity index (χ4n) is 2.76. The van der Waals surface area contributed by atoms with Gasteiger partial charge in [0.1, 0.15) is 18.5 Å². The lowest BCUT2D eigenvalue weighted by Gasteiger charge is -2.23. The predicted octanol–water partition coefficient (Wildman–Crippen LogP) is 3.29. The molecule has 1 aromatic heterocycles. The highest BCUT2D eigenvalue weighted by Crippen LogP contribution is 2.28. The van der Waals surface area contributed by atoms with E-state index in [2.05, 4.69) is 15.3 Å². The molecule has 1 aromatic carbocycles. The molecule has 2 heterocycles. The van der Waals surface area contributed by atoms with E-state index in [0.29, 0.717) is 5.56 Å². The van der Waals surface area contributed by atoms with Gasteiger partial charge in [-0.05, 0) is 26.0 Å². The Morgan fingerprint density at radius 3 is 2.78 bits per heavy atom. The smallest absolute Gasteiger partial charge is 0.416 e. The first kappa shape index (κ1) is 19.2. The minimum absolute atomic E-state index is 0.0164. The van der Waals surface area contributed by atoms with Crippen LogP contribution < -0.4 is 10.2 Å². The third kappa shape index (κ3) is 3.93. The number of amides is 1. The molecule has 7 nitrogen and oxygen atoms in total. The van der Waals surface area contributed by atoms with E-state index in [1.807, 2.05) is 0 Å². The number of halogens is 3. The quantitative estimate of drug-likeness (QED) is 0.803. The Bertz CT molecular complexity index is 868. The van der Waals surface area contributed by atoms with Crippen molar-refractivity contribution in [3.8, 4) is 0 Å². The van der Waals surface area contributed by atoms with Gasteiger partial charge in [0.2, 0.25) is 5.95 Å². The number of hydrogen-bond donors (Lipinski definition) is 2. The molecule has 0 saturated carbocycles. The van der Waals surface area contributed by atoms with E-state index in [0.717, 1.165) is 11.1 Å². The summed E-state index contributed by atoms with van der Waals surface area (Å²) in [6, 6.07) is 2.91. The van der Waals surface area contributed by atoms with Gasteiger partial charge in [-0.2, -0.15) is 4.98 Å². The topological polar surface area (TPSA) is 87.6 Å². The van der Waals surface area contributed by atoms with E-state index >= 15 is 0 Å². The van der Waals surface area contributed by atoms with E-state index < -0.39 is 35.9 Å². The highest BCUT2D eigenvalue weighted by molar-refractivity contribution is 6.30. The van der Waals surface area contributed by atoms with Gasteiger partial charge in [-0.25, -0.2) is 23.5 Å². The second-order valence-corrected chi connectivity index (χ2v) is 6.59. The van der Waals surface area contributed by atoms with Crippen molar-refractivity contribution in [3.05, 3.63) is 46.6 Å². The maximum Gasteiger partial charge on any atom is 0.416 e. The van der Waals surface area contributed by atoms with Crippen LogP contribution in [0, 0.1) is 11.6 Å². The lowest BCUT2D eigenvalue weighted by molar-refractivity contribution is 0.142. The largest absolute Gasteiger partial charge is 0.447 e. The van der Waals surface area contributed by atoms with Crippen molar-refractivity contribution in [2.75, 3.05) is 16.8 Å². The molecule has 1 unspecified atom stereocenters. The molecule has 3 atom stereocenters. The molecule has 1 amide bonds. The molecule has 1 saturated heterocycles. The lowest BCUT2D eigenvalue weighted by atomic mass is 10.1. The van der Waals surface area contributed by atoms with E-state index in [9.17, 15) is 18.7 Å². The Hall–Kier alpha value is -2.52. The van der Waals surface area contributed by atoms with Gasteiger partial charge in [-0.15, -0.1) is 0 Å². The first-order valence-corrected chi connectivity index (χ1v) is 8.53. The number of benzene rings is 1. The van der Waals surface area contributed by atoms with Crippen LogP contribution in [0.5, 0.6) is 0 Å². The SMILES string of the molecule is C[C@H](Nc1ncc(F)c(N2C(=O)OCC2[C@@H](C)O)n1)c1ccc(Cl)cc1F. The molecular formula is C17H17ClF2N4O3. The highest BCUT2D eigenvalue weighted by atomic mass is 35.5. The number of rotatable bonds is 5. The Balaban J connectivity index is 1.88. The van der Waals surface area contributed by atoms with Gasteiger partial charge in [0.15, 0.2) is 11.6 Å². The molecule has 2 aromatic rings. The van der Waals surface area contributed by atoms with Crippen molar-refractivity contribution in [1.29, 1.82) is 0 Å². The van der Waals surface area contributed by atoms with Crippen molar-refractivity contribution in [2.45, 2.75) is 32.0 Å². The second kappa shape index (κ2) is 7.61. The molecule has 1 aliphatic heterocycles. The highest BCUT2D eigenvalue weighted by Gasteiger charge is 2.39. The normalized spacial score (nSPS) is 19.0. The predicted molar refractivity (Wildman–Crippen MR) is 94.7 cm³/mol. The zero-order valence-corrected chi connectivity index (χ0v) is 15.2. The van der Waals surface area contributed by atoms with Crippen LogP contribution >= 0.6 is 11.6 Å². The molecule has 3 rings (SSSR count). The molecule has 27 heavy (non-hydrogen) atoms. The molecule has 144 valence electrons. The summed E-state index contributed by atoms with van der Waals surface area (Å²) in [5.41, 5.74) is 0.316. The standard InChI is InChI=1S/C17H17ClF2N4O3/c1-8(11-4-3-10(18)5-12(11)19)22-16-21-6-13(20)15(23-16)24-14(9(2)25)7-27-17(24)26/h3-6,8-9,14,25H,7H2,1-2H3,(H,21,22,23)/t8-,9+,14?/m0/s1. The second-order valence-electron chi connectivity index (χ2n) is 6.15. The Kier molecular flexibility index (Phi) is 5.43. The summed E-state index contributed by atoms with van der Waals surface area (Å²) in [5.74, 6) is -1.71. The lowest BCUT2D eigenvalue weighted by Crippen LogP contribution is -2.42. The summed E-state index contributed by atoms with van der Waals surface area (Å²) in [5, 5.41) is 12.9.